The molecule has 2 rings (SSSR count). The lowest BCUT2D eigenvalue weighted by atomic mass is 10.2. The zero-order valence-corrected chi connectivity index (χ0v) is 9.84. The zero-order chi connectivity index (χ0) is 11.6. The van der Waals surface area contributed by atoms with Gasteiger partial charge in [-0.3, -0.25) is 9.88 Å². The number of piperazine rings is 1. The van der Waals surface area contributed by atoms with Gasteiger partial charge in [0.25, 0.3) is 0 Å². The molecule has 1 fully saturated rings. The number of aliphatic hydroxyl groups is 1. The number of nitrogens with one attached hydrogen (secondary N) is 1. The van der Waals surface area contributed by atoms with Gasteiger partial charge in [0.1, 0.15) is 0 Å². The predicted octanol–water partition coefficient (Wildman–Crippen LogP) is 0.354. The first-order valence-corrected chi connectivity index (χ1v) is 5.75. The van der Waals surface area contributed by atoms with Gasteiger partial charge in [0.15, 0.2) is 0 Å². The minimum atomic E-state index is 0.278. The minimum Gasteiger partial charge on any atom is -0.395 e. The van der Waals surface area contributed by atoms with Crippen LogP contribution in [-0.4, -0.2) is 53.8 Å². The quantitative estimate of drug-likeness (QED) is 0.760. The first-order valence-electron chi connectivity index (χ1n) is 5.75. The van der Waals surface area contributed by atoms with Crippen LogP contribution >= 0.6 is 0 Å². The highest BCUT2D eigenvalue weighted by atomic mass is 16.3. The third kappa shape index (κ3) is 5.21. The average Bonchev–Trinajstić information content (AvgIpc) is 2.41. The number of aliphatic hydroxyl groups excluding tert-OH is 1. The second-order valence-electron chi connectivity index (χ2n) is 3.84. The van der Waals surface area contributed by atoms with Gasteiger partial charge in [0.2, 0.25) is 0 Å². The van der Waals surface area contributed by atoms with Crippen LogP contribution in [0.1, 0.15) is 6.92 Å². The van der Waals surface area contributed by atoms with Crippen molar-refractivity contribution in [3.63, 3.8) is 0 Å². The van der Waals surface area contributed by atoms with Gasteiger partial charge in [-0.25, -0.2) is 0 Å². The van der Waals surface area contributed by atoms with Gasteiger partial charge in [-0.2, -0.15) is 0 Å². The maximum absolute atomic E-state index is 8.82. The standard InChI is InChI=1S/C7H16N2O.C5H5N/c1-7(6-10)9-4-2-8-3-5-9;1-2-4-6-5-3-1/h7-8,10H,2-6H2,1H3;1-5H. The van der Waals surface area contributed by atoms with Crippen molar-refractivity contribution >= 4 is 0 Å². The minimum absolute atomic E-state index is 0.278. The molecule has 16 heavy (non-hydrogen) atoms. The third-order valence-corrected chi connectivity index (χ3v) is 2.61. The van der Waals surface area contributed by atoms with E-state index in [1.807, 2.05) is 18.2 Å². The summed E-state index contributed by atoms with van der Waals surface area (Å²) < 4.78 is 0. The third-order valence-electron chi connectivity index (χ3n) is 2.61. The van der Waals surface area contributed by atoms with Crippen LogP contribution in [0.5, 0.6) is 0 Å². The van der Waals surface area contributed by atoms with Crippen molar-refractivity contribution in [1.82, 2.24) is 15.2 Å². The molecule has 0 saturated carbocycles. The van der Waals surface area contributed by atoms with E-state index in [1.165, 1.54) is 0 Å². The highest BCUT2D eigenvalue weighted by molar-refractivity contribution is 4.88. The lowest BCUT2D eigenvalue weighted by molar-refractivity contribution is 0.122. The molecule has 1 aliphatic heterocycles. The lowest BCUT2D eigenvalue weighted by Gasteiger charge is -2.31. The smallest absolute Gasteiger partial charge is 0.0584 e. The lowest BCUT2D eigenvalue weighted by Crippen LogP contribution is -2.48. The summed E-state index contributed by atoms with van der Waals surface area (Å²) in [6.45, 7) is 6.60. The van der Waals surface area contributed by atoms with E-state index in [-0.39, 0.29) is 6.61 Å². The van der Waals surface area contributed by atoms with E-state index in [0.717, 1.165) is 26.2 Å². The van der Waals surface area contributed by atoms with Crippen LogP contribution in [0.2, 0.25) is 0 Å². The second kappa shape index (κ2) is 8.21. The summed E-state index contributed by atoms with van der Waals surface area (Å²) in [7, 11) is 0. The second-order valence-corrected chi connectivity index (χ2v) is 3.84. The number of hydrogen-bond donors (Lipinski definition) is 2. The Morgan fingerprint density at radius 1 is 1.25 bits per heavy atom. The van der Waals surface area contributed by atoms with Crippen molar-refractivity contribution in [1.29, 1.82) is 0 Å². The van der Waals surface area contributed by atoms with Crippen molar-refractivity contribution in [3.8, 4) is 0 Å². The van der Waals surface area contributed by atoms with Gasteiger partial charge in [-0.1, -0.05) is 6.07 Å². The summed E-state index contributed by atoms with van der Waals surface area (Å²) in [6, 6.07) is 6.05. The normalized spacial score (nSPS) is 18.4. The first kappa shape index (κ1) is 13.1. The van der Waals surface area contributed by atoms with E-state index < -0.39 is 0 Å². The molecule has 1 unspecified atom stereocenters. The number of nitrogens with zero attached hydrogens (tertiary/aromatic N) is 2. The Morgan fingerprint density at radius 3 is 2.25 bits per heavy atom. The Bertz CT molecular complexity index is 223. The summed E-state index contributed by atoms with van der Waals surface area (Å²) in [5.74, 6) is 0. The molecule has 1 aromatic rings. The Labute approximate surface area is 97.3 Å². The Balaban J connectivity index is 0.000000181. The summed E-state index contributed by atoms with van der Waals surface area (Å²) in [5, 5.41) is 12.1. The van der Waals surface area contributed by atoms with E-state index in [2.05, 4.69) is 22.1 Å². The van der Waals surface area contributed by atoms with E-state index in [4.69, 9.17) is 5.11 Å². The molecule has 4 nitrogen and oxygen atoms in total. The van der Waals surface area contributed by atoms with Gasteiger partial charge in [0.05, 0.1) is 6.61 Å². The summed E-state index contributed by atoms with van der Waals surface area (Å²) in [6.07, 6.45) is 3.50. The Morgan fingerprint density at radius 2 is 1.88 bits per heavy atom. The van der Waals surface area contributed by atoms with E-state index in [1.54, 1.807) is 12.4 Å². The highest BCUT2D eigenvalue weighted by Gasteiger charge is 2.14. The molecule has 4 heteroatoms. The van der Waals surface area contributed by atoms with Crippen LogP contribution in [0.3, 0.4) is 0 Å². The number of aromatic nitrogens is 1. The van der Waals surface area contributed by atoms with E-state index in [0.29, 0.717) is 6.04 Å². The Hall–Kier alpha value is -0.970. The monoisotopic (exact) mass is 223 g/mol. The molecule has 1 aliphatic rings. The largest absolute Gasteiger partial charge is 0.395 e. The predicted molar refractivity (Wildman–Crippen MR) is 65.2 cm³/mol. The Kier molecular flexibility index (Phi) is 6.72. The zero-order valence-electron chi connectivity index (χ0n) is 9.84. The van der Waals surface area contributed by atoms with Gasteiger partial charge in [-0.15, -0.1) is 0 Å². The topological polar surface area (TPSA) is 48.4 Å². The van der Waals surface area contributed by atoms with Crippen LogP contribution < -0.4 is 5.32 Å². The van der Waals surface area contributed by atoms with Crippen LogP contribution in [0, 0.1) is 0 Å². The fourth-order valence-electron chi connectivity index (χ4n) is 1.55. The SMILES string of the molecule is CC(CO)N1CCNCC1.c1ccncc1. The average molecular weight is 223 g/mol. The summed E-state index contributed by atoms with van der Waals surface area (Å²) in [5.41, 5.74) is 0. The van der Waals surface area contributed by atoms with Crippen molar-refractivity contribution in [2.45, 2.75) is 13.0 Å². The molecular weight excluding hydrogens is 202 g/mol. The van der Waals surface area contributed by atoms with Gasteiger partial charge < -0.3 is 10.4 Å². The molecule has 1 aromatic heterocycles. The van der Waals surface area contributed by atoms with Crippen LogP contribution in [0.25, 0.3) is 0 Å². The molecular formula is C12H21N3O. The highest BCUT2D eigenvalue weighted by Crippen LogP contribution is 1.98. The molecule has 2 heterocycles. The fourth-order valence-corrected chi connectivity index (χ4v) is 1.55. The summed E-state index contributed by atoms with van der Waals surface area (Å²) in [4.78, 5) is 6.09. The molecule has 1 atom stereocenters. The number of pyridine rings is 1. The van der Waals surface area contributed by atoms with Crippen LogP contribution in [0.4, 0.5) is 0 Å². The van der Waals surface area contributed by atoms with Crippen molar-refractivity contribution in [2.75, 3.05) is 32.8 Å². The molecule has 0 spiro atoms. The molecule has 0 aromatic carbocycles. The molecule has 0 aliphatic carbocycles. The van der Waals surface area contributed by atoms with Crippen LogP contribution in [0.15, 0.2) is 30.6 Å². The molecule has 90 valence electrons. The molecule has 0 bridgehead atoms. The maximum atomic E-state index is 8.82. The van der Waals surface area contributed by atoms with Gasteiger partial charge in [0, 0.05) is 44.6 Å². The number of hydrogen-bond acceptors (Lipinski definition) is 4. The number of rotatable bonds is 2. The maximum Gasteiger partial charge on any atom is 0.0584 e. The summed E-state index contributed by atoms with van der Waals surface area (Å²) >= 11 is 0. The fraction of sp³-hybridized carbons (Fsp3) is 0.583. The van der Waals surface area contributed by atoms with Gasteiger partial charge in [-0.05, 0) is 19.1 Å². The molecule has 2 N–H and O–H groups in total. The van der Waals surface area contributed by atoms with E-state index >= 15 is 0 Å². The molecule has 0 radical (unpaired) electrons. The van der Waals surface area contributed by atoms with Crippen molar-refractivity contribution < 1.29 is 5.11 Å². The van der Waals surface area contributed by atoms with E-state index in [9.17, 15) is 0 Å². The van der Waals surface area contributed by atoms with Crippen molar-refractivity contribution in [3.05, 3.63) is 30.6 Å². The van der Waals surface area contributed by atoms with Crippen LogP contribution in [-0.2, 0) is 0 Å². The van der Waals surface area contributed by atoms with Gasteiger partial charge >= 0.3 is 0 Å². The molecule has 1 saturated heterocycles. The van der Waals surface area contributed by atoms with Crippen molar-refractivity contribution in [2.24, 2.45) is 0 Å². The molecule has 0 amide bonds. The first-order chi connectivity index (χ1) is 7.84.